The fourth-order valence-electron chi connectivity index (χ4n) is 3.17. The maximum Gasteiger partial charge on any atom is 0.129 e. The van der Waals surface area contributed by atoms with Crippen molar-refractivity contribution < 1.29 is 4.39 Å². The van der Waals surface area contributed by atoms with Gasteiger partial charge in [-0.05, 0) is 37.4 Å². The summed E-state index contributed by atoms with van der Waals surface area (Å²) in [4.78, 5) is 2.32. The molecule has 2 fully saturated rings. The predicted molar refractivity (Wildman–Crippen MR) is 71.2 cm³/mol. The molecule has 0 saturated carbocycles. The first-order valence-corrected chi connectivity index (χ1v) is 7.00. The molecule has 2 heterocycles. The van der Waals surface area contributed by atoms with E-state index in [1.54, 1.807) is 12.1 Å². The summed E-state index contributed by atoms with van der Waals surface area (Å²) in [6, 6.07) is 5.50. The molecule has 0 amide bonds. The number of piperidine rings is 1. The van der Waals surface area contributed by atoms with Crippen molar-refractivity contribution in [2.75, 3.05) is 19.6 Å². The van der Waals surface area contributed by atoms with Gasteiger partial charge in [0.25, 0.3) is 0 Å². The number of hydrogen-bond donors (Lipinski definition) is 1. The van der Waals surface area contributed by atoms with Crippen molar-refractivity contribution in [2.45, 2.75) is 25.4 Å². The van der Waals surface area contributed by atoms with Crippen molar-refractivity contribution in [1.82, 2.24) is 10.2 Å². The van der Waals surface area contributed by atoms with Gasteiger partial charge < -0.3 is 5.32 Å². The molecule has 18 heavy (non-hydrogen) atoms. The van der Waals surface area contributed by atoms with Crippen molar-refractivity contribution in [2.24, 2.45) is 5.92 Å². The molecule has 2 unspecified atom stereocenters. The van der Waals surface area contributed by atoms with Gasteiger partial charge in [0.05, 0.1) is 0 Å². The van der Waals surface area contributed by atoms with Crippen LogP contribution in [0, 0.1) is 11.7 Å². The van der Waals surface area contributed by atoms with E-state index < -0.39 is 0 Å². The first-order chi connectivity index (χ1) is 8.74. The highest BCUT2D eigenvalue weighted by Crippen LogP contribution is 2.28. The van der Waals surface area contributed by atoms with Crippen LogP contribution >= 0.6 is 11.6 Å². The van der Waals surface area contributed by atoms with Gasteiger partial charge >= 0.3 is 0 Å². The smallest absolute Gasteiger partial charge is 0.129 e. The fraction of sp³-hybridized carbons (Fsp3) is 0.571. The van der Waals surface area contributed by atoms with Crippen molar-refractivity contribution in [1.29, 1.82) is 0 Å². The molecular formula is C14H18ClFN2. The quantitative estimate of drug-likeness (QED) is 0.887. The zero-order valence-electron chi connectivity index (χ0n) is 10.3. The van der Waals surface area contributed by atoms with E-state index in [2.05, 4.69) is 10.2 Å². The van der Waals surface area contributed by atoms with E-state index in [-0.39, 0.29) is 5.82 Å². The van der Waals surface area contributed by atoms with Crippen LogP contribution in [0.4, 0.5) is 4.39 Å². The number of hydrogen-bond acceptors (Lipinski definition) is 2. The van der Waals surface area contributed by atoms with Gasteiger partial charge in [0.15, 0.2) is 0 Å². The average Bonchev–Trinajstić information content (AvgIpc) is 2.76. The second-order valence-electron chi connectivity index (χ2n) is 5.36. The Balaban J connectivity index is 1.70. The standard InChI is InChI=1S/C14H18ClFN2/c15-12-4-1-5-13(16)11(12)8-18-7-10-3-2-6-17-14(10)9-18/h1,4-5,10,14,17H,2-3,6-9H2. The van der Waals surface area contributed by atoms with Crippen LogP contribution in [0.5, 0.6) is 0 Å². The average molecular weight is 269 g/mol. The van der Waals surface area contributed by atoms with Crippen LogP contribution in [0.2, 0.25) is 5.02 Å². The number of likely N-dealkylation sites (tertiary alicyclic amines) is 1. The molecule has 0 spiro atoms. The Labute approximate surface area is 112 Å². The molecule has 3 rings (SSSR count). The predicted octanol–water partition coefficient (Wildman–Crippen LogP) is 2.66. The number of nitrogens with zero attached hydrogens (tertiary/aromatic N) is 1. The number of rotatable bonds is 2. The zero-order chi connectivity index (χ0) is 12.5. The van der Waals surface area contributed by atoms with E-state index in [1.807, 2.05) is 0 Å². The van der Waals surface area contributed by atoms with Gasteiger partial charge in [-0.3, -0.25) is 4.90 Å². The maximum absolute atomic E-state index is 13.7. The molecule has 2 aliphatic rings. The molecule has 1 N–H and O–H groups in total. The third-order valence-electron chi connectivity index (χ3n) is 4.12. The first kappa shape index (κ1) is 12.4. The van der Waals surface area contributed by atoms with Gasteiger partial charge in [0.2, 0.25) is 0 Å². The minimum atomic E-state index is -0.190. The maximum atomic E-state index is 13.7. The molecule has 1 aromatic rings. The molecule has 4 heteroatoms. The summed E-state index contributed by atoms with van der Waals surface area (Å²) in [5, 5.41) is 4.10. The Morgan fingerprint density at radius 1 is 1.39 bits per heavy atom. The Morgan fingerprint density at radius 3 is 3.06 bits per heavy atom. The lowest BCUT2D eigenvalue weighted by Gasteiger charge is -2.24. The van der Waals surface area contributed by atoms with Crippen LogP contribution in [0.1, 0.15) is 18.4 Å². The van der Waals surface area contributed by atoms with Gasteiger partial charge in [0, 0.05) is 36.3 Å². The lowest BCUT2D eigenvalue weighted by molar-refractivity contribution is 0.308. The second kappa shape index (κ2) is 5.16. The minimum Gasteiger partial charge on any atom is -0.312 e. The van der Waals surface area contributed by atoms with Gasteiger partial charge in [0.1, 0.15) is 5.82 Å². The zero-order valence-corrected chi connectivity index (χ0v) is 11.1. The molecule has 2 aliphatic heterocycles. The lowest BCUT2D eigenvalue weighted by Crippen LogP contribution is -2.40. The highest BCUT2D eigenvalue weighted by Gasteiger charge is 2.34. The number of halogens is 2. The minimum absolute atomic E-state index is 0.190. The summed E-state index contributed by atoms with van der Waals surface area (Å²) in [5.41, 5.74) is 0.637. The monoisotopic (exact) mass is 268 g/mol. The van der Waals surface area contributed by atoms with E-state index in [9.17, 15) is 4.39 Å². The molecule has 98 valence electrons. The van der Waals surface area contributed by atoms with Gasteiger partial charge in [-0.25, -0.2) is 4.39 Å². The summed E-state index contributed by atoms with van der Waals surface area (Å²) >= 11 is 6.08. The van der Waals surface area contributed by atoms with Crippen molar-refractivity contribution in [3.8, 4) is 0 Å². The van der Waals surface area contributed by atoms with E-state index in [0.29, 0.717) is 23.2 Å². The van der Waals surface area contributed by atoms with E-state index in [0.717, 1.165) is 25.6 Å². The molecule has 2 saturated heterocycles. The Bertz CT molecular complexity index is 404. The third-order valence-corrected chi connectivity index (χ3v) is 4.47. The number of benzene rings is 1. The Morgan fingerprint density at radius 2 is 2.28 bits per heavy atom. The SMILES string of the molecule is Fc1cccc(Cl)c1CN1CC2CCCNC2C1. The molecule has 0 aromatic heterocycles. The van der Waals surface area contributed by atoms with Crippen molar-refractivity contribution in [3.63, 3.8) is 0 Å². The van der Waals surface area contributed by atoms with Crippen LogP contribution in [0.25, 0.3) is 0 Å². The molecular weight excluding hydrogens is 251 g/mol. The van der Waals surface area contributed by atoms with E-state index in [1.165, 1.54) is 18.9 Å². The largest absolute Gasteiger partial charge is 0.312 e. The summed E-state index contributed by atoms with van der Waals surface area (Å²) in [7, 11) is 0. The van der Waals surface area contributed by atoms with Crippen LogP contribution in [-0.2, 0) is 6.54 Å². The molecule has 0 radical (unpaired) electrons. The number of fused-ring (bicyclic) bond motifs is 1. The van der Waals surface area contributed by atoms with Gasteiger partial charge in [-0.2, -0.15) is 0 Å². The highest BCUT2D eigenvalue weighted by molar-refractivity contribution is 6.31. The molecule has 0 bridgehead atoms. The fourth-order valence-corrected chi connectivity index (χ4v) is 3.39. The summed E-state index contributed by atoms with van der Waals surface area (Å²) in [5.74, 6) is 0.537. The van der Waals surface area contributed by atoms with Gasteiger partial charge in [-0.1, -0.05) is 17.7 Å². The second-order valence-corrected chi connectivity index (χ2v) is 5.76. The molecule has 0 aliphatic carbocycles. The van der Waals surface area contributed by atoms with Crippen LogP contribution in [-0.4, -0.2) is 30.6 Å². The van der Waals surface area contributed by atoms with Crippen LogP contribution < -0.4 is 5.32 Å². The Kier molecular flexibility index (Phi) is 3.55. The van der Waals surface area contributed by atoms with Crippen molar-refractivity contribution in [3.05, 3.63) is 34.6 Å². The summed E-state index contributed by atoms with van der Waals surface area (Å²) in [6.45, 7) is 3.81. The third kappa shape index (κ3) is 2.40. The normalized spacial score (nSPS) is 28.3. The topological polar surface area (TPSA) is 15.3 Å². The molecule has 2 atom stereocenters. The highest BCUT2D eigenvalue weighted by atomic mass is 35.5. The van der Waals surface area contributed by atoms with Crippen LogP contribution in [0.3, 0.4) is 0 Å². The van der Waals surface area contributed by atoms with E-state index >= 15 is 0 Å². The molecule has 1 aromatic carbocycles. The van der Waals surface area contributed by atoms with Crippen molar-refractivity contribution >= 4 is 11.6 Å². The van der Waals surface area contributed by atoms with Gasteiger partial charge in [-0.15, -0.1) is 0 Å². The first-order valence-electron chi connectivity index (χ1n) is 6.62. The molecule has 2 nitrogen and oxygen atoms in total. The lowest BCUT2D eigenvalue weighted by atomic mass is 9.94. The summed E-state index contributed by atoms with van der Waals surface area (Å²) in [6.07, 6.45) is 2.55. The summed E-state index contributed by atoms with van der Waals surface area (Å²) < 4.78 is 13.7. The Hall–Kier alpha value is -0.640. The number of nitrogens with one attached hydrogen (secondary N) is 1. The van der Waals surface area contributed by atoms with Crippen LogP contribution in [0.15, 0.2) is 18.2 Å². The van der Waals surface area contributed by atoms with E-state index in [4.69, 9.17) is 11.6 Å².